The molecule has 0 atom stereocenters. The Kier molecular flexibility index (Phi) is 5.42. The molecule has 0 saturated carbocycles. The number of fused-ring (bicyclic) bond motifs is 1. The molecule has 4 aromatic rings. The van der Waals surface area contributed by atoms with Crippen LogP contribution < -0.4 is 9.46 Å². The van der Waals surface area contributed by atoms with Crippen LogP contribution in [0.25, 0.3) is 16.6 Å². The molecule has 0 spiro atoms. The van der Waals surface area contributed by atoms with Crippen LogP contribution in [-0.4, -0.2) is 30.3 Å². The summed E-state index contributed by atoms with van der Waals surface area (Å²) in [5, 5.41) is 5.33. The number of methoxy groups -OCH3 is 1. The summed E-state index contributed by atoms with van der Waals surface area (Å²) in [6.45, 7) is 8.08. The van der Waals surface area contributed by atoms with E-state index >= 15 is 0 Å². The monoisotopic (exact) mass is 450 g/mol. The summed E-state index contributed by atoms with van der Waals surface area (Å²) in [5.74, 6) is 0.979. The zero-order valence-electron chi connectivity index (χ0n) is 18.7. The van der Waals surface area contributed by atoms with Gasteiger partial charge in [-0.25, -0.2) is 13.1 Å². The predicted octanol–water partition coefficient (Wildman–Crippen LogP) is 4.84. The third kappa shape index (κ3) is 4.05. The van der Waals surface area contributed by atoms with Crippen LogP contribution in [0.5, 0.6) is 5.75 Å². The van der Waals surface area contributed by atoms with Crippen LogP contribution in [0, 0.1) is 6.92 Å². The van der Waals surface area contributed by atoms with E-state index in [-0.39, 0.29) is 10.3 Å². The van der Waals surface area contributed by atoms with Crippen LogP contribution in [0.2, 0.25) is 0 Å². The van der Waals surface area contributed by atoms with Crippen molar-refractivity contribution in [3.05, 3.63) is 72.1 Å². The Balaban J connectivity index is 1.76. The average molecular weight is 451 g/mol. The first-order valence-electron chi connectivity index (χ1n) is 10.2. The van der Waals surface area contributed by atoms with Crippen LogP contribution in [0.1, 0.15) is 32.0 Å². The number of pyridine rings is 1. The van der Waals surface area contributed by atoms with Gasteiger partial charge in [0.05, 0.1) is 23.4 Å². The largest absolute Gasteiger partial charge is 0.494 e. The zero-order chi connectivity index (χ0) is 23.1. The van der Waals surface area contributed by atoms with E-state index in [1.807, 2.05) is 37.3 Å². The molecule has 2 aromatic heterocycles. The minimum Gasteiger partial charge on any atom is -0.494 e. The molecule has 2 aromatic carbocycles. The Morgan fingerprint density at radius 2 is 1.75 bits per heavy atom. The van der Waals surface area contributed by atoms with E-state index in [1.54, 1.807) is 42.3 Å². The molecule has 166 valence electrons. The van der Waals surface area contributed by atoms with E-state index in [1.165, 1.54) is 0 Å². The summed E-state index contributed by atoms with van der Waals surface area (Å²) in [6.07, 6.45) is 1.69. The highest BCUT2D eigenvalue weighted by atomic mass is 32.2. The van der Waals surface area contributed by atoms with Crippen molar-refractivity contribution in [2.45, 2.75) is 38.0 Å². The van der Waals surface area contributed by atoms with E-state index in [0.717, 1.165) is 10.9 Å². The third-order valence-corrected chi connectivity index (χ3v) is 6.63. The summed E-state index contributed by atoms with van der Waals surface area (Å²) < 4.78 is 36.0. The minimum atomic E-state index is -3.81. The number of benzene rings is 2. The number of nitrogens with one attached hydrogen (secondary N) is 1. The molecule has 0 amide bonds. The first-order valence-corrected chi connectivity index (χ1v) is 11.7. The zero-order valence-corrected chi connectivity index (χ0v) is 19.6. The maximum Gasteiger partial charge on any atom is 0.263 e. The third-order valence-electron chi connectivity index (χ3n) is 5.26. The summed E-state index contributed by atoms with van der Waals surface area (Å²) in [6, 6.07) is 16.0. The lowest BCUT2D eigenvalue weighted by Gasteiger charge is -2.19. The van der Waals surface area contributed by atoms with Crippen molar-refractivity contribution in [2.24, 2.45) is 0 Å². The summed E-state index contributed by atoms with van der Waals surface area (Å²) in [4.78, 5) is 4.61. The smallest absolute Gasteiger partial charge is 0.263 e. The van der Waals surface area contributed by atoms with Crippen molar-refractivity contribution in [3.8, 4) is 11.4 Å². The number of anilines is 1. The Morgan fingerprint density at radius 1 is 1.03 bits per heavy atom. The normalized spacial score (nSPS) is 12.2. The molecule has 0 bridgehead atoms. The molecule has 7 nitrogen and oxygen atoms in total. The molecule has 0 saturated heterocycles. The molecule has 0 fully saturated rings. The number of aryl methyl sites for hydroxylation is 1. The molecule has 4 rings (SSSR count). The second kappa shape index (κ2) is 7.94. The van der Waals surface area contributed by atoms with Gasteiger partial charge >= 0.3 is 0 Å². The van der Waals surface area contributed by atoms with Gasteiger partial charge in [0.25, 0.3) is 10.0 Å². The summed E-state index contributed by atoms with van der Waals surface area (Å²) in [7, 11) is -2.22. The van der Waals surface area contributed by atoms with E-state index in [2.05, 4.69) is 35.6 Å². The number of rotatable bonds is 5. The van der Waals surface area contributed by atoms with Crippen LogP contribution in [0.4, 0.5) is 5.82 Å². The molecule has 32 heavy (non-hydrogen) atoms. The molecule has 1 N–H and O–H groups in total. The Bertz CT molecular complexity index is 1390. The lowest BCUT2D eigenvalue weighted by Crippen LogP contribution is -2.17. The van der Waals surface area contributed by atoms with Crippen molar-refractivity contribution in [1.29, 1.82) is 0 Å². The fourth-order valence-corrected chi connectivity index (χ4v) is 4.60. The summed E-state index contributed by atoms with van der Waals surface area (Å²) in [5.41, 5.74) is 3.05. The van der Waals surface area contributed by atoms with E-state index in [4.69, 9.17) is 4.74 Å². The second-order valence-corrected chi connectivity index (χ2v) is 10.3. The van der Waals surface area contributed by atoms with Crippen molar-refractivity contribution in [2.75, 3.05) is 11.8 Å². The van der Waals surface area contributed by atoms with Crippen molar-refractivity contribution < 1.29 is 13.2 Å². The van der Waals surface area contributed by atoms with Gasteiger partial charge in [-0.2, -0.15) is 5.10 Å². The van der Waals surface area contributed by atoms with Crippen molar-refractivity contribution in [3.63, 3.8) is 0 Å². The molecular formula is C24H26N4O3S. The first kappa shape index (κ1) is 21.8. The SMILES string of the molecule is COc1ccc(-n2nc(C)cc2NS(=O)(=O)c2ccc(C(C)(C)C)cc2)c2cccnc12. The average Bonchev–Trinajstić information content (AvgIpc) is 3.11. The van der Waals surface area contributed by atoms with Gasteiger partial charge in [-0.3, -0.25) is 9.71 Å². The molecule has 0 radical (unpaired) electrons. The molecule has 0 aliphatic rings. The Morgan fingerprint density at radius 3 is 2.41 bits per heavy atom. The molecule has 0 unspecified atom stereocenters. The molecule has 0 aliphatic heterocycles. The number of ether oxygens (including phenoxy) is 1. The van der Waals surface area contributed by atoms with Crippen LogP contribution >= 0.6 is 0 Å². The first-order chi connectivity index (χ1) is 15.1. The highest BCUT2D eigenvalue weighted by Crippen LogP contribution is 2.31. The van der Waals surface area contributed by atoms with Gasteiger partial charge in [-0.15, -0.1) is 0 Å². The molecule has 8 heteroatoms. The fourth-order valence-electron chi connectivity index (χ4n) is 3.57. The molecule has 0 aliphatic carbocycles. The van der Waals surface area contributed by atoms with E-state index in [0.29, 0.717) is 28.5 Å². The lowest BCUT2D eigenvalue weighted by molar-refractivity contribution is 0.419. The van der Waals surface area contributed by atoms with Crippen LogP contribution in [0.15, 0.2) is 65.7 Å². The number of hydrogen-bond acceptors (Lipinski definition) is 5. The van der Waals surface area contributed by atoms with Gasteiger partial charge in [-0.05, 0) is 54.3 Å². The summed E-state index contributed by atoms with van der Waals surface area (Å²) >= 11 is 0. The Labute approximate surface area is 188 Å². The quantitative estimate of drug-likeness (QED) is 0.470. The van der Waals surface area contributed by atoms with Crippen LogP contribution in [0.3, 0.4) is 0 Å². The van der Waals surface area contributed by atoms with Gasteiger partial charge in [0, 0.05) is 17.6 Å². The molecular weight excluding hydrogens is 424 g/mol. The highest BCUT2D eigenvalue weighted by molar-refractivity contribution is 7.92. The van der Waals surface area contributed by atoms with Gasteiger partial charge < -0.3 is 4.74 Å². The van der Waals surface area contributed by atoms with Crippen LogP contribution in [-0.2, 0) is 15.4 Å². The van der Waals surface area contributed by atoms with Gasteiger partial charge in [0.1, 0.15) is 17.1 Å². The lowest BCUT2D eigenvalue weighted by atomic mass is 9.87. The van der Waals surface area contributed by atoms with Crippen molar-refractivity contribution in [1.82, 2.24) is 14.8 Å². The highest BCUT2D eigenvalue weighted by Gasteiger charge is 2.21. The van der Waals surface area contributed by atoms with Gasteiger partial charge in [0.15, 0.2) is 0 Å². The van der Waals surface area contributed by atoms with E-state index in [9.17, 15) is 8.42 Å². The number of sulfonamides is 1. The standard InChI is InChI=1S/C24H26N4O3S/c1-16-15-22(27-32(29,30)18-10-8-17(9-11-18)24(2,3)4)28(26-16)20-12-13-21(31-5)23-19(20)7-6-14-25-23/h6-15,27H,1-5H3. The molecule has 2 heterocycles. The number of aromatic nitrogens is 3. The number of hydrogen-bond donors (Lipinski definition) is 1. The van der Waals surface area contributed by atoms with Crippen molar-refractivity contribution >= 4 is 26.7 Å². The van der Waals surface area contributed by atoms with Gasteiger partial charge in [0.2, 0.25) is 0 Å². The fraction of sp³-hybridized carbons (Fsp3) is 0.250. The second-order valence-electron chi connectivity index (χ2n) is 8.65. The number of nitrogens with zero attached hydrogens (tertiary/aromatic N) is 3. The predicted molar refractivity (Wildman–Crippen MR) is 126 cm³/mol. The Hall–Kier alpha value is -3.39. The minimum absolute atomic E-state index is 0.0606. The maximum atomic E-state index is 13.1. The van der Waals surface area contributed by atoms with Gasteiger partial charge in [-0.1, -0.05) is 32.9 Å². The maximum absolute atomic E-state index is 13.1. The topological polar surface area (TPSA) is 86.1 Å². The van der Waals surface area contributed by atoms with E-state index < -0.39 is 10.0 Å².